The zero-order valence-corrected chi connectivity index (χ0v) is 8.78. The molecule has 0 saturated carbocycles. The third-order valence-electron chi connectivity index (χ3n) is 2.12. The number of nitrogens with two attached hydrogens (primary N) is 1. The summed E-state index contributed by atoms with van der Waals surface area (Å²) in [6, 6.07) is 2.11. The molecule has 1 aromatic heterocycles. The second-order valence-electron chi connectivity index (χ2n) is 3.38. The van der Waals surface area contributed by atoms with Crippen LogP contribution in [0.4, 0.5) is 20.2 Å². The van der Waals surface area contributed by atoms with E-state index in [1.807, 2.05) is 0 Å². The molecule has 2 aromatic rings. The highest BCUT2D eigenvalue weighted by Gasteiger charge is 2.09. The Kier molecular flexibility index (Phi) is 3.17. The van der Waals surface area contributed by atoms with Crippen molar-refractivity contribution in [1.82, 2.24) is 10.1 Å². The fraction of sp³-hybridized carbons (Fsp3) is 0.200. The normalized spacial score (nSPS) is 10.5. The Morgan fingerprint density at radius 1 is 1.29 bits per heavy atom. The molecule has 0 spiro atoms. The molecule has 2 rings (SSSR count). The zero-order chi connectivity index (χ0) is 12.3. The van der Waals surface area contributed by atoms with Crippen LogP contribution in [0, 0.1) is 11.6 Å². The first-order chi connectivity index (χ1) is 8.16. The van der Waals surface area contributed by atoms with E-state index in [0.29, 0.717) is 12.2 Å². The van der Waals surface area contributed by atoms with Crippen LogP contribution in [0.1, 0.15) is 5.82 Å². The van der Waals surface area contributed by atoms with Crippen LogP contribution < -0.4 is 11.1 Å². The van der Waals surface area contributed by atoms with Gasteiger partial charge in [-0.05, 0) is 12.1 Å². The number of aromatic nitrogens is 2. The van der Waals surface area contributed by atoms with E-state index in [2.05, 4.69) is 20.0 Å². The van der Waals surface area contributed by atoms with Gasteiger partial charge in [-0.25, -0.2) is 8.78 Å². The van der Waals surface area contributed by atoms with E-state index in [-0.39, 0.29) is 17.9 Å². The van der Waals surface area contributed by atoms with Gasteiger partial charge in [0.05, 0.1) is 0 Å². The molecule has 0 radical (unpaired) electrons. The lowest BCUT2D eigenvalue weighted by atomic mass is 10.2. The molecule has 0 atom stereocenters. The van der Waals surface area contributed by atoms with E-state index in [0.717, 1.165) is 12.1 Å². The van der Waals surface area contributed by atoms with Crippen molar-refractivity contribution in [3.05, 3.63) is 36.0 Å². The third kappa shape index (κ3) is 2.68. The summed E-state index contributed by atoms with van der Waals surface area (Å²) in [6.07, 6.45) is 1.60. The van der Waals surface area contributed by atoms with Crippen LogP contribution in [0.2, 0.25) is 0 Å². The van der Waals surface area contributed by atoms with Crippen LogP contribution in [0.15, 0.2) is 23.0 Å². The van der Waals surface area contributed by atoms with E-state index in [9.17, 15) is 8.78 Å². The van der Waals surface area contributed by atoms with Crippen molar-refractivity contribution in [1.29, 1.82) is 0 Å². The summed E-state index contributed by atoms with van der Waals surface area (Å²) in [7, 11) is 0. The van der Waals surface area contributed by atoms with Crippen molar-refractivity contribution in [3.63, 3.8) is 0 Å². The molecule has 90 valence electrons. The fourth-order valence-electron chi connectivity index (χ4n) is 1.36. The van der Waals surface area contributed by atoms with Gasteiger partial charge in [0.1, 0.15) is 5.69 Å². The van der Waals surface area contributed by atoms with E-state index >= 15 is 0 Å². The maximum atomic E-state index is 13.3. The maximum Gasteiger partial charge on any atom is 0.213 e. The van der Waals surface area contributed by atoms with Gasteiger partial charge in [0, 0.05) is 18.7 Å². The van der Waals surface area contributed by atoms with Crippen LogP contribution in [-0.2, 0) is 6.42 Å². The summed E-state index contributed by atoms with van der Waals surface area (Å²) in [5, 5.41) is 6.19. The van der Waals surface area contributed by atoms with E-state index < -0.39 is 11.6 Å². The van der Waals surface area contributed by atoms with E-state index in [4.69, 9.17) is 5.73 Å². The summed E-state index contributed by atoms with van der Waals surface area (Å²) >= 11 is 0. The van der Waals surface area contributed by atoms with Crippen molar-refractivity contribution >= 4 is 11.4 Å². The highest BCUT2D eigenvalue weighted by atomic mass is 19.1. The lowest BCUT2D eigenvalue weighted by Crippen LogP contribution is -2.09. The van der Waals surface area contributed by atoms with Crippen LogP contribution in [0.3, 0.4) is 0 Å². The topological polar surface area (TPSA) is 77.0 Å². The average Bonchev–Trinajstić information content (AvgIpc) is 2.74. The first-order valence-electron chi connectivity index (χ1n) is 4.90. The molecule has 0 aliphatic heterocycles. The minimum Gasteiger partial charge on any atom is -0.399 e. The van der Waals surface area contributed by atoms with Gasteiger partial charge in [0.15, 0.2) is 17.5 Å². The smallest absolute Gasteiger partial charge is 0.213 e. The summed E-state index contributed by atoms with van der Waals surface area (Å²) in [5.74, 6) is -0.986. The maximum absolute atomic E-state index is 13.3. The predicted octanol–water partition coefficient (Wildman–Crippen LogP) is 1.58. The Morgan fingerprint density at radius 3 is 2.59 bits per heavy atom. The second kappa shape index (κ2) is 4.77. The molecule has 0 unspecified atom stereocenters. The highest BCUT2D eigenvalue weighted by Crippen LogP contribution is 2.21. The van der Waals surface area contributed by atoms with Gasteiger partial charge in [-0.15, -0.1) is 0 Å². The average molecular weight is 240 g/mol. The first kappa shape index (κ1) is 11.3. The lowest BCUT2D eigenvalue weighted by Gasteiger charge is -2.08. The number of anilines is 2. The van der Waals surface area contributed by atoms with Gasteiger partial charge >= 0.3 is 0 Å². The summed E-state index contributed by atoms with van der Waals surface area (Å²) in [5.41, 5.74) is 5.13. The van der Waals surface area contributed by atoms with Crippen LogP contribution >= 0.6 is 0 Å². The molecule has 0 fully saturated rings. The Labute approximate surface area is 95.6 Å². The van der Waals surface area contributed by atoms with Crippen LogP contribution in [-0.4, -0.2) is 16.7 Å². The minimum absolute atomic E-state index is 0.0451. The molecule has 5 nitrogen and oxygen atoms in total. The molecule has 7 heteroatoms. The van der Waals surface area contributed by atoms with Crippen molar-refractivity contribution in [2.75, 3.05) is 17.6 Å². The predicted molar refractivity (Wildman–Crippen MR) is 57.3 cm³/mol. The van der Waals surface area contributed by atoms with Crippen molar-refractivity contribution in [2.45, 2.75) is 6.42 Å². The molecule has 1 aromatic carbocycles. The Balaban J connectivity index is 1.99. The largest absolute Gasteiger partial charge is 0.399 e. The van der Waals surface area contributed by atoms with Gasteiger partial charge in [-0.2, -0.15) is 4.98 Å². The number of hydrogen-bond donors (Lipinski definition) is 2. The van der Waals surface area contributed by atoms with Crippen molar-refractivity contribution in [2.24, 2.45) is 0 Å². The van der Waals surface area contributed by atoms with Crippen molar-refractivity contribution < 1.29 is 13.3 Å². The van der Waals surface area contributed by atoms with Gasteiger partial charge in [0.25, 0.3) is 0 Å². The first-order valence-corrected chi connectivity index (χ1v) is 4.90. The molecule has 3 N–H and O–H groups in total. The Bertz CT molecular complexity index is 478. The van der Waals surface area contributed by atoms with Gasteiger partial charge in [0.2, 0.25) is 6.39 Å². The lowest BCUT2D eigenvalue weighted by molar-refractivity contribution is 0.410. The number of benzene rings is 1. The standard InChI is InChI=1S/C10H10F2N4O/c11-7-3-6(13)4-8(12)10(7)14-2-1-9-15-5-17-16-9/h3-5,14H,1-2,13H2. The van der Waals surface area contributed by atoms with Crippen LogP contribution in [0.5, 0.6) is 0 Å². The second-order valence-corrected chi connectivity index (χ2v) is 3.38. The molecular formula is C10H10F2N4O. The summed E-state index contributed by atoms with van der Waals surface area (Å²) in [4.78, 5) is 3.78. The molecule has 1 heterocycles. The molecule has 0 saturated heterocycles. The molecule has 0 aliphatic rings. The zero-order valence-electron chi connectivity index (χ0n) is 8.78. The number of nitrogens with zero attached hydrogens (tertiary/aromatic N) is 2. The number of nitrogen functional groups attached to an aromatic ring is 1. The van der Waals surface area contributed by atoms with E-state index in [1.54, 1.807) is 0 Å². The quantitative estimate of drug-likeness (QED) is 0.793. The number of halogens is 2. The monoisotopic (exact) mass is 240 g/mol. The van der Waals surface area contributed by atoms with Crippen LogP contribution in [0.25, 0.3) is 0 Å². The summed E-state index contributed by atoms with van der Waals surface area (Å²) < 4.78 is 31.2. The fourth-order valence-corrected chi connectivity index (χ4v) is 1.36. The van der Waals surface area contributed by atoms with E-state index in [1.165, 1.54) is 6.39 Å². The minimum atomic E-state index is -0.726. The molecule has 17 heavy (non-hydrogen) atoms. The molecule has 0 amide bonds. The summed E-state index contributed by atoms with van der Waals surface area (Å²) in [6.45, 7) is 0.289. The third-order valence-corrected chi connectivity index (χ3v) is 2.12. The Hall–Kier alpha value is -2.18. The van der Waals surface area contributed by atoms with Gasteiger partial charge < -0.3 is 15.6 Å². The molecular weight excluding hydrogens is 230 g/mol. The number of nitrogens with one attached hydrogen (secondary N) is 1. The van der Waals surface area contributed by atoms with Crippen molar-refractivity contribution in [3.8, 4) is 0 Å². The highest BCUT2D eigenvalue weighted by molar-refractivity contribution is 5.54. The number of hydrogen-bond acceptors (Lipinski definition) is 5. The SMILES string of the molecule is Nc1cc(F)c(NCCc2ncon2)c(F)c1. The molecule has 0 bridgehead atoms. The Morgan fingerprint density at radius 2 is 2.00 bits per heavy atom. The number of rotatable bonds is 4. The molecule has 0 aliphatic carbocycles. The van der Waals surface area contributed by atoms with Gasteiger partial charge in [-0.1, -0.05) is 5.16 Å². The van der Waals surface area contributed by atoms with Gasteiger partial charge in [-0.3, -0.25) is 0 Å².